The van der Waals surface area contributed by atoms with Crippen LogP contribution in [0.4, 0.5) is 11.4 Å². The number of para-hydroxylation sites is 2. The fourth-order valence-electron chi connectivity index (χ4n) is 7.07. The molecule has 5 heteroatoms. The zero-order valence-corrected chi connectivity index (χ0v) is 29.1. The molecule has 43 heavy (non-hydrogen) atoms. The third-order valence-electron chi connectivity index (χ3n) is 9.10. The lowest BCUT2D eigenvalue weighted by atomic mass is 9.81. The van der Waals surface area contributed by atoms with Crippen molar-refractivity contribution in [2.24, 2.45) is 0 Å². The van der Waals surface area contributed by atoms with Crippen molar-refractivity contribution in [1.29, 1.82) is 0 Å². The number of carbonyl (C=O) groups excluding carboxylic acids is 1. The van der Waals surface area contributed by atoms with Crippen LogP contribution < -0.4 is 28.9 Å². The van der Waals surface area contributed by atoms with Gasteiger partial charge in [-0.1, -0.05) is 70.2 Å². The summed E-state index contributed by atoms with van der Waals surface area (Å²) in [7, 11) is 0. The van der Waals surface area contributed by atoms with Crippen molar-refractivity contribution < 1.29 is 38.1 Å². The lowest BCUT2D eigenvalue weighted by molar-refractivity contribution is -0.437. The van der Waals surface area contributed by atoms with Crippen LogP contribution in [0.5, 0.6) is 0 Å². The van der Waals surface area contributed by atoms with Crippen LogP contribution in [-0.2, 0) is 20.4 Å². The SMILES string of the molecule is CCCN1/C(=C/C=C2\CCCC(/C=C/C3=[N+](CCC)c4ccccc4C3(C)C)=C2OC(C)=O)C(C)(C)c2ccccc21.[I-]. The van der Waals surface area contributed by atoms with Gasteiger partial charge in [0, 0.05) is 54.4 Å². The summed E-state index contributed by atoms with van der Waals surface area (Å²) in [5, 5.41) is 0. The molecule has 0 radical (unpaired) electrons. The number of anilines is 1. The highest BCUT2D eigenvalue weighted by molar-refractivity contribution is 6.03. The molecule has 2 aliphatic heterocycles. The number of esters is 1. The van der Waals surface area contributed by atoms with Crippen molar-refractivity contribution in [3.05, 3.63) is 107 Å². The molecule has 0 spiro atoms. The normalized spacial score (nSPS) is 20.6. The monoisotopic (exact) mass is 690 g/mol. The Bertz CT molecular complexity index is 1540. The quantitative estimate of drug-likeness (QED) is 0.192. The Labute approximate surface area is 275 Å². The summed E-state index contributed by atoms with van der Waals surface area (Å²) in [6.07, 6.45) is 13.9. The molecule has 3 aliphatic rings. The van der Waals surface area contributed by atoms with E-state index in [0.29, 0.717) is 0 Å². The Morgan fingerprint density at radius 2 is 1.60 bits per heavy atom. The van der Waals surface area contributed by atoms with Crippen LogP contribution in [0.3, 0.4) is 0 Å². The Morgan fingerprint density at radius 3 is 2.30 bits per heavy atom. The minimum Gasteiger partial charge on any atom is -1.00 e. The highest BCUT2D eigenvalue weighted by Crippen LogP contribution is 2.48. The molecule has 228 valence electrons. The molecule has 2 aromatic rings. The van der Waals surface area contributed by atoms with Gasteiger partial charge in [-0.25, -0.2) is 0 Å². The van der Waals surface area contributed by atoms with Gasteiger partial charge in [0.15, 0.2) is 5.71 Å². The van der Waals surface area contributed by atoms with Gasteiger partial charge in [0.1, 0.15) is 12.3 Å². The highest BCUT2D eigenvalue weighted by atomic mass is 127. The third-order valence-corrected chi connectivity index (χ3v) is 9.10. The first-order valence-electron chi connectivity index (χ1n) is 15.7. The van der Waals surface area contributed by atoms with E-state index in [4.69, 9.17) is 4.74 Å². The molecular weight excluding hydrogens is 643 g/mol. The van der Waals surface area contributed by atoms with Gasteiger partial charge in [0.2, 0.25) is 5.69 Å². The average Bonchev–Trinajstić information content (AvgIpc) is 3.31. The summed E-state index contributed by atoms with van der Waals surface area (Å²) >= 11 is 0. The number of allylic oxidation sites excluding steroid dienone is 7. The van der Waals surface area contributed by atoms with Gasteiger partial charge in [-0.05, 0) is 74.5 Å². The maximum absolute atomic E-state index is 12.4. The molecule has 0 aromatic heterocycles. The molecular formula is C38H47IN2O2. The average molecular weight is 691 g/mol. The second-order valence-corrected chi connectivity index (χ2v) is 12.9. The molecule has 0 unspecified atom stereocenters. The number of rotatable bonds is 8. The highest BCUT2D eigenvalue weighted by Gasteiger charge is 2.44. The van der Waals surface area contributed by atoms with Gasteiger partial charge in [0.05, 0.1) is 5.41 Å². The van der Waals surface area contributed by atoms with Crippen LogP contribution in [0.1, 0.15) is 91.7 Å². The van der Waals surface area contributed by atoms with E-state index >= 15 is 0 Å². The first kappa shape index (κ1) is 33.0. The zero-order valence-electron chi connectivity index (χ0n) is 27.0. The summed E-state index contributed by atoms with van der Waals surface area (Å²) in [4.78, 5) is 14.8. The van der Waals surface area contributed by atoms with Gasteiger partial charge in [-0.15, -0.1) is 0 Å². The van der Waals surface area contributed by atoms with Crippen LogP contribution in [0.2, 0.25) is 0 Å². The zero-order chi connectivity index (χ0) is 30.1. The predicted octanol–water partition coefficient (Wildman–Crippen LogP) is 6.05. The van der Waals surface area contributed by atoms with E-state index in [1.54, 1.807) is 0 Å². The molecule has 1 aliphatic carbocycles. The van der Waals surface area contributed by atoms with Crippen molar-refractivity contribution in [2.75, 3.05) is 18.0 Å². The Morgan fingerprint density at radius 1 is 0.907 bits per heavy atom. The third kappa shape index (κ3) is 6.20. The first-order chi connectivity index (χ1) is 20.1. The first-order valence-corrected chi connectivity index (χ1v) is 15.7. The predicted molar refractivity (Wildman–Crippen MR) is 175 cm³/mol. The molecule has 0 fully saturated rings. The smallest absolute Gasteiger partial charge is 0.308 e. The van der Waals surface area contributed by atoms with Crippen molar-refractivity contribution in [1.82, 2.24) is 0 Å². The molecule has 0 atom stereocenters. The fraction of sp³-hybridized carbons (Fsp3) is 0.421. The molecule has 0 saturated carbocycles. The maximum atomic E-state index is 12.4. The van der Waals surface area contributed by atoms with Crippen LogP contribution in [-0.4, -0.2) is 29.3 Å². The second-order valence-electron chi connectivity index (χ2n) is 12.9. The maximum Gasteiger partial charge on any atom is 0.308 e. The van der Waals surface area contributed by atoms with Crippen LogP contribution >= 0.6 is 0 Å². The number of hydrogen-bond acceptors (Lipinski definition) is 3. The summed E-state index contributed by atoms with van der Waals surface area (Å²) in [6.45, 7) is 17.2. The van der Waals surface area contributed by atoms with Crippen molar-refractivity contribution >= 4 is 23.1 Å². The van der Waals surface area contributed by atoms with E-state index in [9.17, 15) is 4.79 Å². The number of hydrogen-bond donors (Lipinski definition) is 0. The van der Waals surface area contributed by atoms with Crippen LogP contribution in [0.25, 0.3) is 0 Å². The molecule has 2 aromatic carbocycles. The summed E-state index contributed by atoms with van der Waals surface area (Å²) < 4.78 is 8.44. The van der Waals surface area contributed by atoms with Gasteiger partial charge in [-0.3, -0.25) is 4.79 Å². The number of nitrogens with zero attached hydrogens (tertiary/aromatic N) is 2. The number of ether oxygens (including phenoxy) is 1. The number of halogens is 1. The lowest BCUT2D eigenvalue weighted by Crippen LogP contribution is -3.00. The van der Waals surface area contributed by atoms with Crippen LogP contribution in [0.15, 0.2) is 95.4 Å². The van der Waals surface area contributed by atoms with E-state index in [0.717, 1.165) is 62.1 Å². The molecule has 0 N–H and O–H groups in total. The number of fused-ring (bicyclic) bond motifs is 2. The molecule has 5 rings (SSSR count). The van der Waals surface area contributed by atoms with Crippen LogP contribution in [0, 0.1) is 0 Å². The standard InChI is InChI=1S/C38H47N2O2.HI/c1-8-25-39-32-19-12-10-17-30(32)37(4,5)34(39)23-21-28-15-14-16-29(36(28)42-27(3)41)22-24-35-38(6,7)31-18-11-13-20-33(31)40(35)26-9-2;/h10-13,17-24H,8-9,14-16,25-26H2,1-7H3;1H/q+1;/p-1. The minimum absolute atomic E-state index is 0. The van der Waals surface area contributed by atoms with Gasteiger partial charge < -0.3 is 33.6 Å². The van der Waals surface area contributed by atoms with E-state index in [1.165, 1.54) is 40.8 Å². The minimum atomic E-state index is -0.272. The van der Waals surface area contributed by atoms with Gasteiger partial charge in [0.25, 0.3) is 0 Å². The van der Waals surface area contributed by atoms with Gasteiger partial charge >= 0.3 is 5.97 Å². The van der Waals surface area contributed by atoms with E-state index < -0.39 is 0 Å². The largest absolute Gasteiger partial charge is 1.00 e. The van der Waals surface area contributed by atoms with Crippen molar-refractivity contribution in [3.63, 3.8) is 0 Å². The van der Waals surface area contributed by atoms with E-state index in [1.807, 2.05) is 0 Å². The summed E-state index contributed by atoms with van der Waals surface area (Å²) in [5.41, 5.74) is 9.88. The van der Waals surface area contributed by atoms with Crippen molar-refractivity contribution in [3.8, 4) is 0 Å². The van der Waals surface area contributed by atoms with Gasteiger partial charge in [-0.2, -0.15) is 4.58 Å². The summed E-state index contributed by atoms with van der Waals surface area (Å²) in [6, 6.07) is 17.5. The molecule has 0 bridgehead atoms. The number of carbonyl (C=O) groups is 1. The molecule has 4 nitrogen and oxygen atoms in total. The van der Waals surface area contributed by atoms with Crippen molar-refractivity contribution in [2.45, 2.75) is 91.4 Å². The molecule has 0 saturated heterocycles. The topological polar surface area (TPSA) is 32.5 Å². The Hall–Kier alpha value is -2.93. The fourth-order valence-corrected chi connectivity index (χ4v) is 7.07. The van der Waals surface area contributed by atoms with E-state index in [2.05, 4.69) is 124 Å². The molecule has 2 heterocycles. The summed E-state index contributed by atoms with van der Waals surface area (Å²) in [5.74, 6) is 0.458. The second kappa shape index (κ2) is 13.4. The number of benzene rings is 2. The molecule has 0 amide bonds. The van der Waals surface area contributed by atoms with E-state index in [-0.39, 0.29) is 40.8 Å². The Kier molecular flexibility index (Phi) is 10.3. The Balaban J connectivity index is 0.00000423. The lowest BCUT2D eigenvalue weighted by Gasteiger charge is -2.27.